The zero-order valence-corrected chi connectivity index (χ0v) is 11.5. The third-order valence-corrected chi connectivity index (χ3v) is 2.80. The van der Waals surface area contributed by atoms with Gasteiger partial charge in [0, 0.05) is 21.9 Å². The van der Waals surface area contributed by atoms with Crippen LogP contribution in [0.5, 0.6) is 11.6 Å². The van der Waals surface area contributed by atoms with Gasteiger partial charge in [-0.25, -0.2) is 9.97 Å². The maximum absolute atomic E-state index is 5.75. The van der Waals surface area contributed by atoms with Crippen LogP contribution in [0.1, 0.15) is 5.56 Å². The van der Waals surface area contributed by atoms with Crippen molar-refractivity contribution < 1.29 is 4.74 Å². The summed E-state index contributed by atoms with van der Waals surface area (Å²) in [7, 11) is 1.88. The summed E-state index contributed by atoms with van der Waals surface area (Å²) in [6, 6.07) is 7.84. The second-order valence-electron chi connectivity index (χ2n) is 3.44. The van der Waals surface area contributed by atoms with E-state index in [0.717, 1.165) is 14.9 Å². The number of ether oxygens (including phenoxy) is 1. The van der Waals surface area contributed by atoms with Crippen LogP contribution < -0.4 is 10.1 Å². The standard InChI is InChI=1S/C12H12IN3O/c1-14-6-9-7-15-8-16-12(9)17-11-4-2-3-10(13)5-11/h2-5,7-8,14H,6H2,1H3. The smallest absolute Gasteiger partial charge is 0.226 e. The molecule has 0 aliphatic heterocycles. The number of rotatable bonds is 4. The van der Waals surface area contributed by atoms with Gasteiger partial charge < -0.3 is 10.1 Å². The molecule has 1 aromatic carbocycles. The highest BCUT2D eigenvalue weighted by Gasteiger charge is 2.05. The molecule has 0 amide bonds. The Bertz CT molecular complexity index is 505. The summed E-state index contributed by atoms with van der Waals surface area (Å²) in [5, 5.41) is 3.06. The van der Waals surface area contributed by atoms with E-state index in [1.807, 2.05) is 31.3 Å². The number of hydrogen-bond acceptors (Lipinski definition) is 4. The van der Waals surface area contributed by atoms with Gasteiger partial charge in [-0.3, -0.25) is 0 Å². The molecule has 1 heterocycles. The highest BCUT2D eigenvalue weighted by atomic mass is 127. The lowest BCUT2D eigenvalue weighted by atomic mass is 10.3. The zero-order chi connectivity index (χ0) is 12.1. The summed E-state index contributed by atoms with van der Waals surface area (Å²) in [4.78, 5) is 8.14. The van der Waals surface area contributed by atoms with E-state index in [1.165, 1.54) is 6.33 Å². The monoisotopic (exact) mass is 341 g/mol. The molecule has 0 spiro atoms. The molecular formula is C12H12IN3O. The highest BCUT2D eigenvalue weighted by Crippen LogP contribution is 2.23. The number of aromatic nitrogens is 2. The second kappa shape index (κ2) is 5.92. The number of nitrogens with zero attached hydrogens (tertiary/aromatic N) is 2. The summed E-state index contributed by atoms with van der Waals surface area (Å²) < 4.78 is 6.88. The van der Waals surface area contributed by atoms with Gasteiger partial charge in [0.2, 0.25) is 5.88 Å². The molecule has 0 aliphatic rings. The summed E-state index contributed by atoms with van der Waals surface area (Å²) >= 11 is 2.25. The third kappa shape index (κ3) is 3.37. The molecule has 0 saturated heterocycles. The first kappa shape index (κ1) is 12.3. The van der Waals surface area contributed by atoms with Crippen molar-refractivity contribution in [1.82, 2.24) is 15.3 Å². The molecule has 1 N–H and O–H groups in total. The lowest BCUT2D eigenvalue weighted by Crippen LogP contribution is -2.07. The van der Waals surface area contributed by atoms with E-state index in [1.54, 1.807) is 6.20 Å². The molecule has 1 aromatic heterocycles. The number of benzene rings is 1. The number of halogens is 1. The van der Waals surface area contributed by atoms with Crippen molar-refractivity contribution in [1.29, 1.82) is 0 Å². The third-order valence-electron chi connectivity index (χ3n) is 2.12. The van der Waals surface area contributed by atoms with Crippen molar-refractivity contribution in [3.05, 3.63) is 45.9 Å². The van der Waals surface area contributed by atoms with Gasteiger partial charge in [0.1, 0.15) is 12.1 Å². The van der Waals surface area contributed by atoms with E-state index in [-0.39, 0.29) is 0 Å². The van der Waals surface area contributed by atoms with Crippen LogP contribution in [-0.4, -0.2) is 17.0 Å². The van der Waals surface area contributed by atoms with Gasteiger partial charge >= 0.3 is 0 Å². The van der Waals surface area contributed by atoms with Crippen LogP contribution in [0.25, 0.3) is 0 Å². The Morgan fingerprint density at radius 1 is 1.41 bits per heavy atom. The molecule has 0 radical (unpaired) electrons. The fourth-order valence-electron chi connectivity index (χ4n) is 1.39. The Hall–Kier alpha value is -1.21. The van der Waals surface area contributed by atoms with Crippen LogP contribution in [0, 0.1) is 3.57 Å². The van der Waals surface area contributed by atoms with Crippen LogP contribution in [0.4, 0.5) is 0 Å². The molecule has 0 bridgehead atoms. The average molecular weight is 341 g/mol. The fraction of sp³-hybridized carbons (Fsp3) is 0.167. The Balaban J connectivity index is 2.23. The van der Waals surface area contributed by atoms with Crippen LogP contribution in [0.2, 0.25) is 0 Å². The van der Waals surface area contributed by atoms with Gasteiger partial charge in [-0.1, -0.05) is 6.07 Å². The predicted molar refractivity (Wildman–Crippen MR) is 74.0 cm³/mol. The topological polar surface area (TPSA) is 47.0 Å². The largest absolute Gasteiger partial charge is 0.439 e. The average Bonchev–Trinajstić information content (AvgIpc) is 2.32. The quantitative estimate of drug-likeness (QED) is 0.869. The van der Waals surface area contributed by atoms with E-state index in [4.69, 9.17) is 4.74 Å². The Morgan fingerprint density at radius 3 is 3.06 bits per heavy atom. The van der Waals surface area contributed by atoms with Gasteiger partial charge in [-0.2, -0.15) is 0 Å². The SMILES string of the molecule is CNCc1cncnc1Oc1cccc(I)c1. The first-order chi connectivity index (χ1) is 8.29. The lowest BCUT2D eigenvalue weighted by molar-refractivity contribution is 0.452. The predicted octanol–water partition coefficient (Wildman–Crippen LogP) is 2.59. The van der Waals surface area contributed by atoms with E-state index >= 15 is 0 Å². The molecule has 5 heteroatoms. The molecule has 0 saturated carbocycles. The van der Waals surface area contributed by atoms with Crippen LogP contribution >= 0.6 is 22.6 Å². The summed E-state index contributed by atoms with van der Waals surface area (Å²) in [6.07, 6.45) is 3.25. The molecule has 17 heavy (non-hydrogen) atoms. The van der Waals surface area contributed by atoms with Crippen molar-refractivity contribution in [2.24, 2.45) is 0 Å². The second-order valence-corrected chi connectivity index (χ2v) is 4.69. The van der Waals surface area contributed by atoms with Crippen molar-refractivity contribution in [3.8, 4) is 11.6 Å². The minimum Gasteiger partial charge on any atom is -0.439 e. The normalized spacial score (nSPS) is 10.2. The first-order valence-electron chi connectivity index (χ1n) is 5.16. The number of hydrogen-bond donors (Lipinski definition) is 1. The lowest BCUT2D eigenvalue weighted by Gasteiger charge is -2.08. The highest BCUT2D eigenvalue weighted by molar-refractivity contribution is 14.1. The Labute approximate surface area is 114 Å². The van der Waals surface area contributed by atoms with Crippen molar-refractivity contribution in [2.45, 2.75) is 6.54 Å². The molecule has 2 aromatic rings. The maximum atomic E-state index is 5.75. The van der Waals surface area contributed by atoms with Crippen molar-refractivity contribution in [3.63, 3.8) is 0 Å². The van der Waals surface area contributed by atoms with Gasteiger partial charge in [0.15, 0.2) is 0 Å². The summed E-state index contributed by atoms with van der Waals surface area (Å²) in [5.74, 6) is 1.38. The van der Waals surface area contributed by atoms with E-state index in [9.17, 15) is 0 Å². The molecule has 4 nitrogen and oxygen atoms in total. The fourth-order valence-corrected chi connectivity index (χ4v) is 1.91. The summed E-state index contributed by atoms with van der Waals surface area (Å²) in [5.41, 5.74) is 0.939. The maximum Gasteiger partial charge on any atom is 0.226 e. The molecule has 2 rings (SSSR count). The van der Waals surface area contributed by atoms with Gasteiger partial charge in [-0.05, 0) is 47.8 Å². The van der Waals surface area contributed by atoms with E-state index in [0.29, 0.717) is 12.4 Å². The van der Waals surface area contributed by atoms with Crippen molar-refractivity contribution in [2.75, 3.05) is 7.05 Å². The zero-order valence-electron chi connectivity index (χ0n) is 9.35. The summed E-state index contributed by atoms with van der Waals surface area (Å²) in [6.45, 7) is 0.681. The van der Waals surface area contributed by atoms with Crippen LogP contribution in [0.15, 0.2) is 36.8 Å². The molecule has 0 fully saturated rings. The molecular weight excluding hydrogens is 329 g/mol. The Kier molecular flexibility index (Phi) is 4.27. The number of nitrogens with one attached hydrogen (secondary N) is 1. The first-order valence-corrected chi connectivity index (χ1v) is 6.24. The molecule has 0 aliphatic carbocycles. The van der Waals surface area contributed by atoms with Crippen molar-refractivity contribution >= 4 is 22.6 Å². The van der Waals surface area contributed by atoms with Gasteiger partial charge in [0.25, 0.3) is 0 Å². The van der Waals surface area contributed by atoms with Gasteiger partial charge in [0.05, 0.1) is 0 Å². The molecule has 0 atom stereocenters. The van der Waals surface area contributed by atoms with E-state index < -0.39 is 0 Å². The van der Waals surface area contributed by atoms with Crippen LogP contribution in [-0.2, 0) is 6.54 Å². The van der Waals surface area contributed by atoms with E-state index in [2.05, 4.69) is 37.9 Å². The minimum absolute atomic E-state index is 0.594. The molecule has 88 valence electrons. The molecule has 0 unspecified atom stereocenters. The van der Waals surface area contributed by atoms with Gasteiger partial charge in [-0.15, -0.1) is 0 Å². The Morgan fingerprint density at radius 2 is 2.29 bits per heavy atom. The van der Waals surface area contributed by atoms with Crippen LogP contribution in [0.3, 0.4) is 0 Å². The minimum atomic E-state index is 0.594.